The molecule has 0 spiro atoms. The van der Waals surface area contributed by atoms with Crippen LogP contribution < -0.4 is 5.56 Å². The first kappa shape index (κ1) is 11.0. The number of Topliss-reactive ketones (excluding diaryl/α,β-unsaturated/α-hetero) is 1. The molecule has 0 saturated carbocycles. The summed E-state index contributed by atoms with van der Waals surface area (Å²) in [5, 5.41) is 0.531. The van der Waals surface area contributed by atoms with Gasteiger partial charge in [0.1, 0.15) is 5.56 Å². The van der Waals surface area contributed by atoms with Gasteiger partial charge in [-0.2, -0.15) is 0 Å². The number of hydrogen-bond donors (Lipinski definition) is 1. The summed E-state index contributed by atoms with van der Waals surface area (Å²) in [6.07, 6.45) is 4.29. The van der Waals surface area contributed by atoms with Crippen molar-refractivity contribution in [3.05, 3.63) is 22.1 Å². The number of aromatic nitrogens is 2. The number of carbonyl (C=O) groups is 1. The fraction of sp³-hybridized carbons (Fsp3) is 0.444. The van der Waals surface area contributed by atoms with Gasteiger partial charge in [-0.25, -0.2) is 4.98 Å². The summed E-state index contributed by atoms with van der Waals surface area (Å²) in [4.78, 5) is 29.3. The number of ketones is 1. The summed E-state index contributed by atoms with van der Waals surface area (Å²) < 4.78 is 0. The first-order chi connectivity index (χ1) is 6.69. The lowest BCUT2D eigenvalue weighted by Crippen LogP contribution is -2.18. The molecule has 0 amide bonds. The lowest BCUT2D eigenvalue weighted by molar-refractivity contribution is 0.0979. The smallest absolute Gasteiger partial charge is 0.262 e. The van der Waals surface area contributed by atoms with Gasteiger partial charge in [0.25, 0.3) is 5.56 Å². The van der Waals surface area contributed by atoms with Crippen LogP contribution in [0, 0.1) is 0 Å². The second-order valence-corrected chi connectivity index (χ2v) is 3.60. The van der Waals surface area contributed by atoms with Gasteiger partial charge < -0.3 is 4.98 Å². The molecule has 1 heterocycles. The molecule has 1 N–H and O–H groups in total. The Labute approximate surface area is 86.1 Å². The van der Waals surface area contributed by atoms with Gasteiger partial charge in [0.05, 0.1) is 0 Å². The molecule has 0 bridgehead atoms. The Bertz CT molecular complexity index is 387. The molecule has 0 aliphatic heterocycles. The van der Waals surface area contributed by atoms with Gasteiger partial charge in [0.2, 0.25) is 0 Å². The molecule has 0 radical (unpaired) electrons. The van der Waals surface area contributed by atoms with Crippen molar-refractivity contribution in [2.75, 3.05) is 6.26 Å². The molecule has 14 heavy (non-hydrogen) atoms. The summed E-state index contributed by atoms with van der Waals surface area (Å²) in [6, 6.07) is 0. The highest BCUT2D eigenvalue weighted by molar-refractivity contribution is 7.98. The van der Waals surface area contributed by atoms with Crippen molar-refractivity contribution in [2.45, 2.75) is 24.9 Å². The van der Waals surface area contributed by atoms with Crippen LogP contribution in [0.25, 0.3) is 0 Å². The van der Waals surface area contributed by atoms with Crippen LogP contribution in [-0.2, 0) is 0 Å². The predicted molar refractivity (Wildman–Crippen MR) is 55.9 cm³/mol. The maximum absolute atomic E-state index is 11.4. The Kier molecular flexibility index (Phi) is 3.88. The van der Waals surface area contributed by atoms with Crippen LogP contribution in [0.2, 0.25) is 0 Å². The van der Waals surface area contributed by atoms with Gasteiger partial charge in [-0.15, -0.1) is 0 Å². The van der Waals surface area contributed by atoms with Crippen molar-refractivity contribution in [2.24, 2.45) is 0 Å². The Balaban J connectivity index is 3.00. The normalized spacial score (nSPS) is 10.1. The van der Waals surface area contributed by atoms with Crippen LogP contribution in [0.15, 0.2) is 16.1 Å². The first-order valence-corrected chi connectivity index (χ1v) is 5.58. The molecule has 0 aliphatic carbocycles. The number of aromatic amines is 1. The second-order valence-electron chi connectivity index (χ2n) is 2.81. The summed E-state index contributed by atoms with van der Waals surface area (Å²) in [6.45, 7) is 1.90. The molecule has 0 atom stereocenters. The number of rotatable bonds is 4. The highest BCUT2D eigenvalue weighted by Gasteiger charge is 2.10. The van der Waals surface area contributed by atoms with Crippen LogP contribution in [0.4, 0.5) is 0 Å². The average molecular weight is 212 g/mol. The zero-order chi connectivity index (χ0) is 10.6. The van der Waals surface area contributed by atoms with Crippen LogP contribution in [0.5, 0.6) is 0 Å². The molecule has 0 saturated heterocycles. The fourth-order valence-electron chi connectivity index (χ4n) is 1.04. The SMILES string of the molecule is CCCC(=O)c1cnc(SC)[nH]c1=O. The van der Waals surface area contributed by atoms with Crippen LogP contribution >= 0.6 is 11.8 Å². The van der Waals surface area contributed by atoms with Gasteiger partial charge >= 0.3 is 0 Å². The number of thioether (sulfide) groups is 1. The van der Waals surface area contributed by atoms with Crippen molar-refractivity contribution in [1.29, 1.82) is 0 Å². The molecule has 0 fully saturated rings. The quantitative estimate of drug-likeness (QED) is 0.466. The molecular formula is C9H12N2O2S. The maximum atomic E-state index is 11.4. The number of nitrogens with one attached hydrogen (secondary N) is 1. The van der Waals surface area contributed by atoms with Crippen molar-refractivity contribution >= 4 is 17.5 Å². The average Bonchev–Trinajstić information content (AvgIpc) is 2.17. The summed E-state index contributed by atoms with van der Waals surface area (Å²) in [5.74, 6) is -0.145. The third kappa shape index (κ3) is 2.45. The third-order valence-corrected chi connectivity index (χ3v) is 2.34. The predicted octanol–water partition coefficient (Wildman–Crippen LogP) is 1.47. The fourth-order valence-corrected chi connectivity index (χ4v) is 1.40. The van der Waals surface area contributed by atoms with Gasteiger partial charge in [0, 0.05) is 12.6 Å². The monoisotopic (exact) mass is 212 g/mol. The van der Waals surface area contributed by atoms with Crippen molar-refractivity contribution in [3.8, 4) is 0 Å². The molecular weight excluding hydrogens is 200 g/mol. The van der Waals surface area contributed by atoms with E-state index < -0.39 is 0 Å². The zero-order valence-electron chi connectivity index (χ0n) is 8.16. The first-order valence-electron chi connectivity index (χ1n) is 4.35. The van der Waals surface area contributed by atoms with Crippen molar-refractivity contribution in [3.63, 3.8) is 0 Å². The molecule has 1 aromatic heterocycles. The molecule has 0 aromatic carbocycles. The van der Waals surface area contributed by atoms with Crippen molar-refractivity contribution in [1.82, 2.24) is 9.97 Å². The van der Waals surface area contributed by atoms with Gasteiger partial charge in [-0.1, -0.05) is 18.7 Å². The minimum Gasteiger partial charge on any atom is -0.301 e. The van der Waals surface area contributed by atoms with E-state index in [4.69, 9.17) is 0 Å². The van der Waals surface area contributed by atoms with E-state index >= 15 is 0 Å². The highest BCUT2D eigenvalue weighted by Crippen LogP contribution is 2.05. The molecule has 5 heteroatoms. The summed E-state index contributed by atoms with van der Waals surface area (Å²) >= 11 is 1.34. The third-order valence-electron chi connectivity index (χ3n) is 1.75. The Morgan fingerprint density at radius 1 is 1.64 bits per heavy atom. The molecule has 4 nitrogen and oxygen atoms in total. The molecule has 76 valence electrons. The van der Waals surface area contributed by atoms with Crippen LogP contribution in [0.3, 0.4) is 0 Å². The molecule has 0 unspecified atom stereocenters. The summed E-state index contributed by atoms with van der Waals surface area (Å²) in [5.41, 5.74) is -0.188. The maximum Gasteiger partial charge on any atom is 0.262 e. The lowest BCUT2D eigenvalue weighted by Gasteiger charge is -1.98. The lowest BCUT2D eigenvalue weighted by atomic mass is 10.1. The Morgan fingerprint density at radius 3 is 2.86 bits per heavy atom. The Hall–Kier alpha value is -1.10. The number of nitrogens with zero attached hydrogens (tertiary/aromatic N) is 1. The number of H-pyrrole nitrogens is 1. The van der Waals surface area contributed by atoms with Gasteiger partial charge in [-0.05, 0) is 12.7 Å². The van der Waals surface area contributed by atoms with E-state index in [9.17, 15) is 9.59 Å². The van der Waals surface area contributed by atoms with Crippen molar-refractivity contribution < 1.29 is 4.79 Å². The van der Waals surface area contributed by atoms with Crippen LogP contribution in [0.1, 0.15) is 30.1 Å². The molecule has 0 aliphatic rings. The molecule has 1 rings (SSSR count). The highest BCUT2D eigenvalue weighted by atomic mass is 32.2. The number of hydrogen-bond acceptors (Lipinski definition) is 4. The van der Waals surface area contributed by atoms with E-state index in [1.807, 2.05) is 13.2 Å². The van der Waals surface area contributed by atoms with E-state index in [0.717, 1.165) is 6.42 Å². The van der Waals surface area contributed by atoms with Gasteiger partial charge in [0.15, 0.2) is 10.9 Å². The topological polar surface area (TPSA) is 62.8 Å². The van der Waals surface area contributed by atoms with Crippen LogP contribution in [-0.4, -0.2) is 22.0 Å². The summed E-state index contributed by atoms with van der Waals surface area (Å²) in [7, 11) is 0. The van der Waals surface area contributed by atoms with E-state index in [-0.39, 0.29) is 16.9 Å². The largest absolute Gasteiger partial charge is 0.301 e. The van der Waals surface area contributed by atoms with E-state index in [2.05, 4.69) is 9.97 Å². The van der Waals surface area contributed by atoms with E-state index in [1.54, 1.807) is 0 Å². The van der Waals surface area contributed by atoms with E-state index in [0.29, 0.717) is 11.6 Å². The zero-order valence-corrected chi connectivity index (χ0v) is 8.98. The van der Waals surface area contributed by atoms with E-state index in [1.165, 1.54) is 18.0 Å². The number of carbonyl (C=O) groups excluding carboxylic acids is 1. The minimum atomic E-state index is -0.345. The Morgan fingerprint density at radius 2 is 2.36 bits per heavy atom. The minimum absolute atomic E-state index is 0.145. The molecule has 1 aromatic rings. The second kappa shape index (κ2) is 4.95. The standard InChI is InChI=1S/C9H12N2O2S/c1-3-4-7(12)6-5-10-9(14-2)11-8(6)13/h5H,3-4H2,1-2H3,(H,10,11,13). The van der Waals surface area contributed by atoms with Gasteiger partial charge in [-0.3, -0.25) is 9.59 Å².